The number of hydrogen-bond donors (Lipinski definition) is 2. The van der Waals surface area contributed by atoms with Gasteiger partial charge in [-0.15, -0.1) is 0 Å². The molecule has 0 aliphatic heterocycles. The van der Waals surface area contributed by atoms with E-state index in [2.05, 4.69) is 33.8 Å². The molecule has 0 aromatic carbocycles. The van der Waals surface area contributed by atoms with Crippen LogP contribution in [0.15, 0.2) is 18.5 Å². The van der Waals surface area contributed by atoms with E-state index in [4.69, 9.17) is 0 Å². The van der Waals surface area contributed by atoms with Crippen molar-refractivity contribution in [1.82, 2.24) is 30.2 Å². The number of urea groups is 1. The fraction of sp³-hybridized carbons (Fsp3) is 0.562. The van der Waals surface area contributed by atoms with E-state index in [1.165, 1.54) is 0 Å². The Hall–Kier alpha value is -2.31. The molecule has 2 heterocycles. The zero-order valence-electron chi connectivity index (χ0n) is 14.3. The number of hydrogen-bond acceptors (Lipinski definition) is 3. The first-order chi connectivity index (χ1) is 10.9. The lowest BCUT2D eigenvalue weighted by Crippen LogP contribution is -2.39. The normalized spacial score (nSPS) is 12.2. The molecule has 0 unspecified atom stereocenters. The summed E-state index contributed by atoms with van der Waals surface area (Å²) in [5.41, 5.74) is 3.29. The first-order valence-electron chi connectivity index (χ1n) is 7.94. The summed E-state index contributed by atoms with van der Waals surface area (Å²) in [6.45, 7) is 8.16. The predicted octanol–water partition coefficient (Wildman–Crippen LogP) is 1.41. The first kappa shape index (κ1) is 17.1. The molecule has 7 heteroatoms. The van der Waals surface area contributed by atoms with E-state index in [0.717, 1.165) is 29.9 Å². The van der Waals surface area contributed by atoms with Crippen LogP contribution in [0.2, 0.25) is 0 Å². The van der Waals surface area contributed by atoms with Gasteiger partial charge >= 0.3 is 6.03 Å². The van der Waals surface area contributed by atoms with E-state index in [1.807, 2.05) is 38.0 Å². The standard InChI is InChI=1S/C16H26N6O/c1-12(10-22-14(3)7-13(2)20-22)8-18-16(23)17-6-5-15-9-19-21(4)11-15/h7,9,11-12H,5-6,8,10H2,1-4H3,(H2,17,18,23)/t12-/m1/s1. The van der Waals surface area contributed by atoms with Gasteiger partial charge in [0.1, 0.15) is 0 Å². The summed E-state index contributed by atoms with van der Waals surface area (Å²) in [4.78, 5) is 11.8. The second kappa shape index (κ2) is 7.80. The molecule has 2 amide bonds. The van der Waals surface area contributed by atoms with E-state index in [-0.39, 0.29) is 6.03 Å². The molecule has 2 aromatic heterocycles. The Morgan fingerprint density at radius 1 is 1.35 bits per heavy atom. The Morgan fingerprint density at radius 3 is 2.74 bits per heavy atom. The molecule has 0 bridgehead atoms. The van der Waals surface area contributed by atoms with E-state index in [1.54, 1.807) is 4.68 Å². The maximum atomic E-state index is 11.8. The minimum atomic E-state index is -0.130. The van der Waals surface area contributed by atoms with Gasteiger partial charge in [0.2, 0.25) is 0 Å². The number of carbonyl (C=O) groups excluding carboxylic acids is 1. The molecular weight excluding hydrogens is 292 g/mol. The Kier molecular flexibility index (Phi) is 5.78. The highest BCUT2D eigenvalue weighted by molar-refractivity contribution is 5.73. The smallest absolute Gasteiger partial charge is 0.314 e. The third kappa shape index (κ3) is 5.43. The summed E-state index contributed by atoms with van der Waals surface area (Å²) >= 11 is 0. The SMILES string of the molecule is Cc1cc(C)n(C[C@H](C)CNC(=O)NCCc2cnn(C)c2)n1. The number of nitrogens with one attached hydrogen (secondary N) is 2. The van der Waals surface area contributed by atoms with Crippen molar-refractivity contribution < 1.29 is 4.79 Å². The molecule has 0 radical (unpaired) electrons. The van der Waals surface area contributed by atoms with Crippen LogP contribution in [-0.4, -0.2) is 38.7 Å². The number of nitrogens with zero attached hydrogens (tertiary/aromatic N) is 4. The molecule has 0 spiro atoms. The average Bonchev–Trinajstić information content (AvgIpc) is 3.02. The van der Waals surface area contributed by atoms with Crippen molar-refractivity contribution in [2.75, 3.05) is 13.1 Å². The number of aromatic nitrogens is 4. The van der Waals surface area contributed by atoms with Crippen LogP contribution in [0.25, 0.3) is 0 Å². The van der Waals surface area contributed by atoms with Gasteiger partial charge in [-0.25, -0.2) is 4.79 Å². The molecule has 2 aromatic rings. The van der Waals surface area contributed by atoms with Gasteiger partial charge < -0.3 is 10.6 Å². The number of rotatable bonds is 7. The number of carbonyl (C=O) groups is 1. The fourth-order valence-electron chi connectivity index (χ4n) is 2.47. The molecule has 0 saturated carbocycles. The van der Waals surface area contributed by atoms with Crippen LogP contribution in [-0.2, 0) is 20.0 Å². The average molecular weight is 318 g/mol. The lowest BCUT2D eigenvalue weighted by Gasteiger charge is -2.14. The second-order valence-electron chi connectivity index (χ2n) is 6.12. The van der Waals surface area contributed by atoms with E-state index >= 15 is 0 Å². The van der Waals surface area contributed by atoms with Crippen LogP contribution in [0.4, 0.5) is 4.79 Å². The van der Waals surface area contributed by atoms with Crippen molar-refractivity contribution >= 4 is 6.03 Å². The highest BCUT2D eigenvalue weighted by Crippen LogP contribution is 2.05. The molecule has 0 saturated heterocycles. The monoisotopic (exact) mass is 318 g/mol. The summed E-state index contributed by atoms with van der Waals surface area (Å²) in [5.74, 6) is 0.317. The third-order valence-electron chi connectivity index (χ3n) is 3.66. The summed E-state index contributed by atoms with van der Waals surface area (Å²) in [6.07, 6.45) is 4.55. The zero-order chi connectivity index (χ0) is 16.8. The Labute approximate surface area is 137 Å². The summed E-state index contributed by atoms with van der Waals surface area (Å²) in [7, 11) is 1.88. The van der Waals surface area contributed by atoms with Crippen LogP contribution >= 0.6 is 0 Å². The molecule has 2 rings (SSSR count). The molecule has 2 N–H and O–H groups in total. The van der Waals surface area contributed by atoms with Crippen molar-refractivity contribution in [3.8, 4) is 0 Å². The summed E-state index contributed by atoms with van der Waals surface area (Å²) in [6, 6.07) is 1.93. The minimum Gasteiger partial charge on any atom is -0.338 e. The highest BCUT2D eigenvalue weighted by atomic mass is 16.2. The van der Waals surface area contributed by atoms with E-state index in [9.17, 15) is 4.79 Å². The highest BCUT2D eigenvalue weighted by Gasteiger charge is 2.09. The van der Waals surface area contributed by atoms with Gasteiger partial charge in [0.25, 0.3) is 0 Å². The summed E-state index contributed by atoms with van der Waals surface area (Å²) in [5, 5.41) is 14.3. The van der Waals surface area contributed by atoms with Crippen LogP contribution in [0.1, 0.15) is 23.9 Å². The van der Waals surface area contributed by atoms with Gasteiger partial charge in [-0.05, 0) is 37.8 Å². The van der Waals surface area contributed by atoms with Crippen molar-refractivity contribution in [3.05, 3.63) is 35.4 Å². The fourth-order valence-corrected chi connectivity index (χ4v) is 2.47. The largest absolute Gasteiger partial charge is 0.338 e. The maximum absolute atomic E-state index is 11.8. The topological polar surface area (TPSA) is 76.8 Å². The lowest BCUT2D eigenvalue weighted by atomic mass is 10.2. The van der Waals surface area contributed by atoms with E-state index < -0.39 is 0 Å². The lowest BCUT2D eigenvalue weighted by molar-refractivity contribution is 0.238. The third-order valence-corrected chi connectivity index (χ3v) is 3.66. The Morgan fingerprint density at radius 2 is 2.13 bits per heavy atom. The number of amides is 2. The van der Waals surface area contributed by atoms with Crippen LogP contribution in [0, 0.1) is 19.8 Å². The van der Waals surface area contributed by atoms with Gasteiger partial charge in [0, 0.05) is 38.6 Å². The first-order valence-corrected chi connectivity index (χ1v) is 7.94. The van der Waals surface area contributed by atoms with Gasteiger partial charge in [-0.3, -0.25) is 9.36 Å². The van der Waals surface area contributed by atoms with Crippen LogP contribution in [0.3, 0.4) is 0 Å². The minimum absolute atomic E-state index is 0.130. The van der Waals surface area contributed by atoms with Crippen molar-refractivity contribution in [2.45, 2.75) is 33.7 Å². The zero-order valence-corrected chi connectivity index (χ0v) is 14.3. The molecular formula is C16H26N6O. The van der Waals surface area contributed by atoms with Crippen molar-refractivity contribution in [1.29, 1.82) is 0 Å². The molecule has 126 valence electrons. The quantitative estimate of drug-likeness (QED) is 0.810. The van der Waals surface area contributed by atoms with E-state index in [0.29, 0.717) is 19.0 Å². The molecule has 1 atom stereocenters. The Balaban J connectivity index is 1.64. The van der Waals surface area contributed by atoms with Crippen molar-refractivity contribution in [3.63, 3.8) is 0 Å². The number of aryl methyl sites for hydroxylation is 3. The predicted molar refractivity (Wildman–Crippen MR) is 89.2 cm³/mol. The second-order valence-corrected chi connectivity index (χ2v) is 6.12. The molecule has 0 fully saturated rings. The van der Waals surface area contributed by atoms with Gasteiger partial charge in [-0.2, -0.15) is 10.2 Å². The van der Waals surface area contributed by atoms with Crippen molar-refractivity contribution in [2.24, 2.45) is 13.0 Å². The Bertz CT molecular complexity index is 645. The summed E-state index contributed by atoms with van der Waals surface area (Å²) < 4.78 is 3.75. The van der Waals surface area contributed by atoms with Gasteiger partial charge in [-0.1, -0.05) is 6.92 Å². The van der Waals surface area contributed by atoms with Crippen LogP contribution in [0.5, 0.6) is 0 Å². The molecule has 0 aliphatic carbocycles. The molecule has 23 heavy (non-hydrogen) atoms. The maximum Gasteiger partial charge on any atom is 0.314 e. The van der Waals surface area contributed by atoms with Gasteiger partial charge in [0.05, 0.1) is 11.9 Å². The van der Waals surface area contributed by atoms with Gasteiger partial charge in [0.15, 0.2) is 0 Å². The molecule has 7 nitrogen and oxygen atoms in total. The van der Waals surface area contributed by atoms with Crippen LogP contribution < -0.4 is 10.6 Å². The molecule has 0 aliphatic rings.